The van der Waals surface area contributed by atoms with Crippen LogP contribution in [0.1, 0.15) is 99.9 Å². The second kappa shape index (κ2) is 7.59. The van der Waals surface area contributed by atoms with Gasteiger partial charge < -0.3 is 9.67 Å². The van der Waals surface area contributed by atoms with Gasteiger partial charge in [0.25, 0.3) is 0 Å². The number of hydrogen-bond acceptors (Lipinski definition) is 1. The first-order chi connectivity index (χ1) is 14.1. The Labute approximate surface area is 181 Å². The summed E-state index contributed by atoms with van der Waals surface area (Å²) in [6.07, 6.45) is 9.93. The van der Waals surface area contributed by atoms with Gasteiger partial charge >= 0.3 is 5.97 Å². The maximum Gasteiger partial charge on any atom is 0.352 e. The third-order valence-corrected chi connectivity index (χ3v) is 7.59. The van der Waals surface area contributed by atoms with E-state index in [1.54, 1.807) is 0 Å². The van der Waals surface area contributed by atoms with Crippen LogP contribution in [0.25, 0.3) is 11.1 Å². The molecule has 3 heteroatoms. The van der Waals surface area contributed by atoms with Crippen LogP contribution < -0.4 is 0 Å². The highest BCUT2D eigenvalue weighted by Gasteiger charge is 2.40. The lowest BCUT2D eigenvalue weighted by atomic mass is 9.81. The Morgan fingerprint density at radius 3 is 2.33 bits per heavy atom. The quantitative estimate of drug-likeness (QED) is 0.588. The molecule has 30 heavy (non-hydrogen) atoms. The third-order valence-electron chi connectivity index (χ3n) is 7.59. The molecule has 1 aromatic heterocycles. The van der Waals surface area contributed by atoms with Crippen molar-refractivity contribution in [1.29, 1.82) is 0 Å². The van der Waals surface area contributed by atoms with E-state index in [4.69, 9.17) is 0 Å². The Balaban J connectivity index is 1.84. The number of rotatable bonds is 5. The average Bonchev–Trinajstić information content (AvgIpc) is 3.37. The van der Waals surface area contributed by atoms with Gasteiger partial charge in [-0.2, -0.15) is 0 Å². The fraction of sp³-hybridized carbons (Fsp3) is 0.593. The molecule has 3 nitrogen and oxygen atoms in total. The molecule has 0 aliphatic heterocycles. The lowest BCUT2D eigenvalue weighted by Gasteiger charge is -2.25. The molecule has 1 N–H and O–H groups in total. The molecular formula is C27H37NO2. The number of aromatic nitrogens is 1. The van der Waals surface area contributed by atoms with Crippen molar-refractivity contribution in [3.63, 3.8) is 0 Å². The molecule has 0 bridgehead atoms. The molecule has 0 spiro atoms. The fourth-order valence-electron chi connectivity index (χ4n) is 5.05. The molecule has 162 valence electrons. The Hall–Kier alpha value is -2.03. The van der Waals surface area contributed by atoms with Crippen LogP contribution in [0.15, 0.2) is 24.3 Å². The molecule has 0 atom stereocenters. The molecule has 4 rings (SSSR count). The Morgan fingerprint density at radius 1 is 1.10 bits per heavy atom. The Bertz CT molecular complexity index is 926. The number of benzene rings is 1. The SMILES string of the molecule is Cn1c(C(=O)O)cc(-c2cc(C(C)(C)C)cc(C3(C)CC3)c2)c1CC1CCCCC1. The maximum atomic E-state index is 12.0. The minimum Gasteiger partial charge on any atom is -0.477 e. The van der Waals surface area contributed by atoms with Crippen molar-refractivity contribution in [2.45, 2.75) is 89.9 Å². The van der Waals surface area contributed by atoms with Crippen molar-refractivity contribution >= 4 is 5.97 Å². The van der Waals surface area contributed by atoms with Gasteiger partial charge in [0.15, 0.2) is 0 Å². The molecule has 2 fully saturated rings. The van der Waals surface area contributed by atoms with Gasteiger partial charge in [-0.05, 0) is 58.8 Å². The highest BCUT2D eigenvalue weighted by Crippen LogP contribution is 2.49. The summed E-state index contributed by atoms with van der Waals surface area (Å²) in [5.41, 5.74) is 7.00. The number of aromatic carboxylic acids is 1. The standard InChI is InChI=1S/C27H37NO2/c1-26(2,3)20-14-19(15-21(16-20)27(4)11-12-27)22-17-24(25(29)30)28(5)23(22)13-18-9-7-6-8-10-18/h14-18H,6-13H2,1-5H3,(H,29,30). The van der Waals surface area contributed by atoms with E-state index in [0.29, 0.717) is 11.6 Å². The topological polar surface area (TPSA) is 42.2 Å². The lowest BCUT2D eigenvalue weighted by Crippen LogP contribution is -2.15. The largest absolute Gasteiger partial charge is 0.477 e. The summed E-state index contributed by atoms with van der Waals surface area (Å²) in [4.78, 5) is 12.0. The highest BCUT2D eigenvalue weighted by molar-refractivity contribution is 5.89. The summed E-state index contributed by atoms with van der Waals surface area (Å²) in [6, 6.07) is 8.95. The van der Waals surface area contributed by atoms with Crippen LogP contribution in [-0.4, -0.2) is 15.6 Å². The molecule has 2 aromatic rings. The van der Waals surface area contributed by atoms with Crippen LogP contribution in [-0.2, 0) is 24.3 Å². The summed E-state index contributed by atoms with van der Waals surface area (Å²) < 4.78 is 1.94. The normalized spacial score (nSPS) is 19.1. The van der Waals surface area contributed by atoms with Crippen molar-refractivity contribution in [2.75, 3.05) is 0 Å². The van der Waals surface area contributed by atoms with Crippen LogP contribution in [0, 0.1) is 5.92 Å². The van der Waals surface area contributed by atoms with E-state index in [-0.39, 0.29) is 10.8 Å². The molecule has 2 aliphatic rings. The van der Waals surface area contributed by atoms with Crippen molar-refractivity contribution in [3.8, 4) is 11.1 Å². The van der Waals surface area contributed by atoms with E-state index in [2.05, 4.69) is 45.9 Å². The molecule has 2 aliphatic carbocycles. The molecule has 0 radical (unpaired) electrons. The maximum absolute atomic E-state index is 12.0. The Morgan fingerprint density at radius 2 is 1.77 bits per heavy atom. The lowest BCUT2D eigenvalue weighted by molar-refractivity contribution is 0.0686. The van der Waals surface area contributed by atoms with Gasteiger partial charge in [0.1, 0.15) is 5.69 Å². The van der Waals surface area contributed by atoms with Crippen molar-refractivity contribution in [2.24, 2.45) is 13.0 Å². The smallest absolute Gasteiger partial charge is 0.352 e. The second-order valence-electron chi connectivity index (χ2n) is 11.1. The predicted octanol–water partition coefficient (Wildman–Crippen LogP) is 6.86. The first-order valence-electron chi connectivity index (χ1n) is 11.7. The number of nitrogens with zero attached hydrogens (tertiary/aromatic N) is 1. The summed E-state index contributed by atoms with van der Waals surface area (Å²) in [5.74, 6) is -0.172. The van der Waals surface area contributed by atoms with Crippen LogP contribution in [0.4, 0.5) is 0 Å². The molecule has 1 aromatic carbocycles. The van der Waals surface area contributed by atoms with Gasteiger partial charge in [-0.15, -0.1) is 0 Å². The number of hydrogen-bond donors (Lipinski definition) is 1. The van der Waals surface area contributed by atoms with Gasteiger partial charge in [-0.3, -0.25) is 0 Å². The number of carbonyl (C=O) groups is 1. The van der Waals surface area contributed by atoms with Crippen LogP contribution in [0.2, 0.25) is 0 Å². The summed E-state index contributed by atoms with van der Waals surface area (Å²) in [7, 11) is 1.93. The summed E-state index contributed by atoms with van der Waals surface area (Å²) in [6.45, 7) is 9.15. The van der Waals surface area contributed by atoms with Gasteiger partial charge in [-0.25, -0.2) is 4.79 Å². The Kier molecular flexibility index (Phi) is 5.36. The molecule has 0 amide bonds. The minimum atomic E-state index is -0.838. The van der Waals surface area contributed by atoms with Gasteiger partial charge in [-0.1, -0.05) is 78.0 Å². The zero-order chi connectivity index (χ0) is 21.7. The molecular weight excluding hydrogens is 370 g/mol. The summed E-state index contributed by atoms with van der Waals surface area (Å²) in [5, 5.41) is 9.81. The molecule has 1 heterocycles. The van der Waals surface area contributed by atoms with Crippen LogP contribution in [0.3, 0.4) is 0 Å². The fourth-order valence-corrected chi connectivity index (χ4v) is 5.05. The van der Waals surface area contributed by atoms with Gasteiger partial charge in [0, 0.05) is 18.3 Å². The van der Waals surface area contributed by atoms with Gasteiger partial charge in [0.2, 0.25) is 0 Å². The molecule has 2 saturated carbocycles. The van der Waals surface area contributed by atoms with Gasteiger partial charge in [0.05, 0.1) is 0 Å². The zero-order valence-corrected chi connectivity index (χ0v) is 19.3. The number of carboxylic acid groups (broad SMARTS) is 1. The number of carboxylic acids is 1. The van der Waals surface area contributed by atoms with Crippen molar-refractivity contribution < 1.29 is 9.90 Å². The van der Waals surface area contributed by atoms with E-state index in [9.17, 15) is 9.90 Å². The average molecular weight is 408 g/mol. The van der Waals surface area contributed by atoms with Crippen molar-refractivity contribution in [3.05, 3.63) is 46.8 Å². The molecule has 0 unspecified atom stereocenters. The highest BCUT2D eigenvalue weighted by atomic mass is 16.4. The minimum absolute atomic E-state index is 0.0595. The first-order valence-corrected chi connectivity index (χ1v) is 11.7. The first kappa shape index (κ1) is 21.2. The van der Waals surface area contributed by atoms with E-state index >= 15 is 0 Å². The predicted molar refractivity (Wildman–Crippen MR) is 123 cm³/mol. The van der Waals surface area contributed by atoms with Crippen molar-refractivity contribution in [1.82, 2.24) is 4.57 Å². The van der Waals surface area contributed by atoms with Crippen LogP contribution >= 0.6 is 0 Å². The monoisotopic (exact) mass is 407 g/mol. The van der Waals surface area contributed by atoms with E-state index in [1.165, 1.54) is 67.3 Å². The van der Waals surface area contributed by atoms with E-state index in [1.807, 2.05) is 17.7 Å². The third kappa shape index (κ3) is 4.08. The summed E-state index contributed by atoms with van der Waals surface area (Å²) >= 11 is 0. The van der Waals surface area contributed by atoms with E-state index < -0.39 is 5.97 Å². The molecule has 0 saturated heterocycles. The van der Waals surface area contributed by atoms with Crippen LogP contribution in [0.5, 0.6) is 0 Å². The zero-order valence-electron chi connectivity index (χ0n) is 19.3. The van der Waals surface area contributed by atoms with E-state index in [0.717, 1.165) is 12.0 Å². The second-order valence-corrected chi connectivity index (χ2v) is 11.1.